The van der Waals surface area contributed by atoms with Crippen LogP contribution in [0.15, 0.2) is 24.4 Å². The van der Waals surface area contributed by atoms with E-state index in [-0.39, 0.29) is 0 Å². The first-order chi connectivity index (χ1) is 8.88. The second-order valence-corrected chi connectivity index (χ2v) is 5.26. The Balaban J connectivity index is 2.35. The summed E-state index contributed by atoms with van der Waals surface area (Å²) < 4.78 is 0. The van der Waals surface area contributed by atoms with Crippen LogP contribution in [0.5, 0.6) is 0 Å². The molecule has 0 amide bonds. The molecule has 0 bridgehead atoms. The average molecular weight is 259 g/mol. The Labute approximate surface area is 111 Å². The van der Waals surface area contributed by atoms with Gasteiger partial charge in [0.2, 0.25) is 0 Å². The van der Waals surface area contributed by atoms with E-state index in [2.05, 4.69) is 15.0 Å². The summed E-state index contributed by atoms with van der Waals surface area (Å²) in [6.07, 6.45) is 2.13. The number of carbonyl (C=O) groups is 1. The molecule has 100 valence electrons. The molecule has 0 saturated heterocycles. The molecule has 5 nitrogen and oxygen atoms in total. The minimum atomic E-state index is -0.874. The van der Waals surface area contributed by atoms with Gasteiger partial charge in [0.1, 0.15) is 5.82 Å². The molecule has 2 aromatic heterocycles. The summed E-state index contributed by atoms with van der Waals surface area (Å²) in [5.41, 5.74) is 1.64. The molecule has 2 heterocycles. The molecule has 2 aromatic rings. The molecule has 0 unspecified atom stereocenters. The van der Waals surface area contributed by atoms with Gasteiger partial charge in [-0.1, -0.05) is 0 Å². The maximum atomic E-state index is 11.2. The Morgan fingerprint density at radius 3 is 2.74 bits per heavy atom. The molecule has 0 saturated carbocycles. The molecule has 19 heavy (non-hydrogen) atoms. The van der Waals surface area contributed by atoms with Crippen molar-refractivity contribution in [3.8, 4) is 11.4 Å². The predicted molar refractivity (Wildman–Crippen MR) is 71.7 cm³/mol. The van der Waals surface area contributed by atoms with E-state index in [9.17, 15) is 4.79 Å². The van der Waals surface area contributed by atoms with E-state index in [4.69, 9.17) is 5.11 Å². The fourth-order valence-electron chi connectivity index (χ4n) is 1.81. The first-order valence-corrected chi connectivity index (χ1v) is 6.10. The van der Waals surface area contributed by atoms with Crippen LogP contribution in [0.25, 0.3) is 11.4 Å². The number of hydrogen-bond donors (Lipinski definition) is 2. The van der Waals surface area contributed by atoms with Gasteiger partial charge in [-0.15, -0.1) is 0 Å². The van der Waals surface area contributed by atoms with Crippen molar-refractivity contribution in [2.75, 3.05) is 0 Å². The highest BCUT2D eigenvalue weighted by Crippen LogP contribution is 2.22. The smallest absolute Gasteiger partial charge is 0.309 e. The van der Waals surface area contributed by atoms with E-state index < -0.39 is 11.4 Å². The highest BCUT2D eigenvalue weighted by atomic mass is 16.4. The fourth-order valence-corrected chi connectivity index (χ4v) is 1.81. The Bertz CT molecular complexity index is 589. The third kappa shape index (κ3) is 2.99. The van der Waals surface area contributed by atoms with Crippen LogP contribution in [-0.2, 0) is 11.2 Å². The van der Waals surface area contributed by atoms with Gasteiger partial charge in [-0.3, -0.25) is 4.79 Å². The molecular formula is C14H17N3O2. The van der Waals surface area contributed by atoms with Crippen molar-refractivity contribution in [2.45, 2.75) is 27.2 Å². The van der Waals surface area contributed by atoms with E-state index >= 15 is 0 Å². The number of carboxylic acid groups (broad SMARTS) is 1. The van der Waals surface area contributed by atoms with Crippen LogP contribution >= 0.6 is 0 Å². The summed E-state index contributed by atoms with van der Waals surface area (Å²) in [6, 6.07) is 5.70. The summed E-state index contributed by atoms with van der Waals surface area (Å²) in [5, 5.41) is 9.16. The quantitative estimate of drug-likeness (QED) is 0.883. The van der Waals surface area contributed by atoms with Crippen LogP contribution < -0.4 is 0 Å². The zero-order chi connectivity index (χ0) is 14.0. The molecule has 0 aromatic carbocycles. The van der Waals surface area contributed by atoms with E-state index in [1.807, 2.05) is 31.3 Å². The van der Waals surface area contributed by atoms with Crippen molar-refractivity contribution in [3.05, 3.63) is 35.9 Å². The van der Waals surface area contributed by atoms with Crippen LogP contribution in [0.1, 0.15) is 25.4 Å². The minimum Gasteiger partial charge on any atom is -0.481 e. The molecule has 0 spiro atoms. The van der Waals surface area contributed by atoms with Crippen molar-refractivity contribution in [1.29, 1.82) is 0 Å². The normalized spacial score (nSPS) is 11.5. The standard InChI is InChI=1S/C14H17N3O2/c1-9-7-11(10-5-4-6-15-10)17-12(16-9)8-14(2,3)13(18)19/h4-7,15H,8H2,1-3H3,(H,18,19). The fraction of sp³-hybridized carbons (Fsp3) is 0.357. The van der Waals surface area contributed by atoms with Crippen LogP contribution in [0.2, 0.25) is 0 Å². The number of H-pyrrole nitrogens is 1. The molecule has 2 rings (SSSR count). The second kappa shape index (κ2) is 4.84. The Morgan fingerprint density at radius 1 is 1.42 bits per heavy atom. The third-order valence-electron chi connectivity index (χ3n) is 2.95. The number of aromatic amines is 1. The molecular weight excluding hydrogens is 242 g/mol. The van der Waals surface area contributed by atoms with Gasteiger partial charge in [-0.25, -0.2) is 9.97 Å². The lowest BCUT2D eigenvalue weighted by molar-refractivity contribution is -0.146. The van der Waals surface area contributed by atoms with Crippen molar-refractivity contribution in [2.24, 2.45) is 5.41 Å². The summed E-state index contributed by atoms with van der Waals surface area (Å²) in [5.74, 6) is -0.295. The molecule has 0 fully saturated rings. The van der Waals surface area contributed by atoms with Crippen molar-refractivity contribution in [1.82, 2.24) is 15.0 Å². The van der Waals surface area contributed by atoms with Gasteiger partial charge in [-0.05, 0) is 39.0 Å². The number of aryl methyl sites for hydroxylation is 1. The summed E-state index contributed by atoms with van der Waals surface area (Å²) in [4.78, 5) is 23.0. The number of nitrogens with zero attached hydrogens (tertiary/aromatic N) is 2. The van der Waals surface area contributed by atoms with E-state index in [1.165, 1.54) is 0 Å². The maximum absolute atomic E-state index is 11.2. The number of carboxylic acids is 1. The summed E-state index contributed by atoms with van der Waals surface area (Å²) >= 11 is 0. The van der Waals surface area contributed by atoms with Gasteiger partial charge < -0.3 is 10.1 Å². The van der Waals surface area contributed by atoms with Gasteiger partial charge in [0.05, 0.1) is 16.8 Å². The van der Waals surface area contributed by atoms with Crippen LogP contribution in [-0.4, -0.2) is 26.0 Å². The number of hydrogen-bond acceptors (Lipinski definition) is 3. The van der Waals surface area contributed by atoms with Crippen LogP contribution in [0.4, 0.5) is 0 Å². The number of aromatic nitrogens is 3. The van der Waals surface area contributed by atoms with Gasteiger partial charge in [0.25, 0.3) is 0 Å². The molecule has 5 heteroatoms. The molecule has 2 N–H and O–H groups in total. The lowest BCUT2D eigenvalue weighted by Crippen LogP contribution is -2.27. The highest BCUT2D eigenvalue weighted by molar-refractivity contribution is 5.73. The summed E-state index contributed by atoms with van der Waals surface area (Å²) in [6.45, 7) is 5.23. The molecule has 0 atom stereocenters. The monoisotopic (exact) mass is 259 g/mol. The number of nitrogens with one attached hydrogen (secondary N) is 1. The highest BCUT2D eigenvalue weighted by Gasteiger charge is 2.28. The van der Waals surface area contributed by atoms with Gasteiger partial charge >= 0.3 is 5.97 Å². The van der Waals surface area contributed by atoms with Gasteiger partial charge in [-0.2, -0.15) is 0 Å². The van der Waals surface area contributed by atoms with Crippen molar-refractivity contribution in [3.63, 3.8) is 0 Å². The zero-order valence-electron chi connectivity index (χ0n) is 11.3. The Kier molecular flexibility index (Phi) is 3.38. The van der Waals surface area contributed by atoms with E-state index in [1.54, 1.807) is 13.8 Å². The van der Waals surface area contributed by atoms with Crippen LogP contribution in [0, 0.1) is 12.3 Å². The maximum Gasteiger partial charge on any atom is 0.309 e. The average Bonchev–Trinajstić information content (AvgIpc) is 2.80. The van der Waals surface area contributed by atoms with Crippen molar-refractivity contribution < 1.29 is 9.90 Å². The summed E-state index contributed by atoms with van der Waals surface area (Å²) in [7, 11) is 0. The minimum absolute atomic E-state index is 0.303. The lowest BCUT2D eigenvalue weighted by Gasteiger charge is -2.18. The van der Waals surface area contributed by atoms with Gasteiger partial charge in [0, 0.05) is 18.3 Å². The first kappa shape index (κ1) is 13.3. The zero-order valence-corrected chi connectivity index (χ0v) is 11.3. The van der Waals surface area contributed by atoms with Crippen LogP contribution in [0.3, 0.4) is 0 Å². The largest absolute Gasteiger partial charge is 0.481 e. The SMILES string of the molecule is Cc1cc(-c2ccc[nH]2)nc(CC(C)(C)C(=O)O)n1. The Hall–Kier alpha value is -2.17. The number of aliphatic carboxylic acids is 1. The third-order valence-corrected chi connectivity index (χ3v) is 2.95. The molecule has 0 aliphatic carbocycles. The molecule has 0 radical (unpaired) electrons. The lowest BCUT2D eigenvalue weighted by atomic mass is 9.89. The Morgan fingerprint density at radius 2 is 2.16 bits per heavy atom. The topological polar surface area (TPSA) is 78.9 Å². The van der Waals surface area contributed by atoms with Crippen molar-refractivity contribution >= 4 is 5.97 Å². The predicted octanol–water partition coefficient (Wildman–Crippen LogP) is 2.43. The van der Waals surface area contributed by atoms with Gasteiger partial charge in [0.15, 0.2) is 0 Å². The van der Waals surface area contributed by atoms with E-state index in [0.717, 1.165) is 17.1 Å². The number of rotatable bonds is 4. The van der Waals surface area contributed by atoms with E-state index in [0.29, 0.717) is 12.2 Å². The molecule has 0 aliphatic rings. The first-order valence-electron chi connectivity index (χ1n) is 6.10. The second-order valence-electron chi connectivity index (χ2n) is 5.26. The molecule has 0 aliphatic heterocycles.